The number of nitrogens with zero attached hydrogens (tertiary/aromatic N) is 2. The molecule has 0 spiro atoms. The topological polar surface area (TPSA) is 111 Å². The second-order valence-electron chi connectivity index (χ2n) is 6.86. The van der Waals surface area contributed by atoms with Crippen LogP contribution in [0.1, 0.15) is 38.3 Å². The molecular weight excluding hydrogens is 340 g/mol. The average Bonchev–Trinajstić information content (AvgIpc) is 2.98. The summed E-state index contributed by atoms with van der Waals surface area (Å²) in [5, 5.41) is 7.59. The molecule has 2 aromatic rings. The molecule has 1 heterocycles. The highest BCUT2D eigenvalue weighted by Crippen LogP contribution is 2.27. The first-order valence-corrected chi connectivity index (χ1v) is 8.74. The Bertz CT molecular complexity index is 910. The smallest absolute Gasteiger partial charge is 0.167 e. The number of carbonyl (C=O) groups excluding carboxylic acids is 2. The number of aryl methyl sites for hydroxylation is 2. The fourth-order valence-corrected chi connectivity index (χ4v) is 3.15. The zero-order valence-corrected chi connectivity index (χ0v) is 15.3. The number of amidine groups is 2. The Morgan fingerprint density at radius 3 is 1.78 bits per heavy atom. The van der Waals surface area contributed by atoms with Crippen molar-refractivity contribution >= 4 is 23.2 Å². The quantitative estimate of drug-likeness (QED) is 0.769. The largest absolute Gasteiger partial charge is 0.385 e. The van der Waals surface area contributed by atoms with Crippen LogP contribution in [0.5, 0.6) is 0 Å². The Kier molecular flexibility index (Phi) is 5.16. The van der Waals surface area contributed by atoms with Gasteiger partial charge in [-0.15, -0.1) is 10.2 Å². The van der Waals surface area contributed by atoms with Gasteiger partial charge < -0.3 is 11.5 Å². The lowest BCUT2D eigenvalue weighted by molar-refractivity contribution is 0.0843. The molecule has 0 saturated heterocycles. The first kappa shape index (κ1) is 18.5. The molecule has 138 valence electrons. The number of benzene rings is 2. The molecule has 0 amide bonds. The van der Waals surface area contributed by atoms with Crippen LogP contribution in [0.25, 0.3) is 0 Å². The third-order valence-corrected chi connectivity index (χ3v) is 4.77. The maximum Gasteiger partial charge on any atom is 0.167 e. The Balaban J connectivity index is 1.92. The minimum atomic E-state index is -0.753. The van der Waals surface area contributed by atoms with Gasteiger partial charge in [0.05, 0.1) is 5.92 Å². The second kappa shape index (κ2) is 7.53. The summed E-state index contributed by atoms with van der Waals surface area (Å²) in [5.41, 5.74) is 15.0. The van der Waals surface area contributed by atoms with Crippen molar-refractivity contribution in [3.8, 4) is 0 Å². The molecular formula is C21H22N4O2. The maximum atomic E-state index is 13.2. The molecule has 1 aliphatic rings. The number of rotatable bonds is 6. The van der Waals surface area contributed by atoms with Crippen LogP contribution in [0.15, 0.2) is 58.7 Å². The summed E-state index contributed by atoms with van der Waals surface area (Å²) >= 11 is 0. The van der Waals surface area contributed by atoms with E-state index < -0.39 is 11.8 Å². The van der Waals surface area contributed by atoms with E-state index in [-0.39, 0.29) is 29.7 Å². The summed E-state index contributed by atoms with van der Waals surface area (Å²) in [5.74, 6) is -1.44. The van der Waals surface area contributed by atoms with E-state index >= 15 is 0 Å². The highest BCUT2D eigenvalue weighted by molar-refractivity contribution is 6.14. The van der Waals surface area contributed by atoms with E-state index in [0.717, 1.165) is 11.1 Å². The normalized spacial score (nSPS) is 15.2. The minimum absolute atomic E-state index is 0.0210. The highest BCUT2D eigenvalue weighted by Gasteiger charge is 2.38. The third-order valence-electron chi connectivity index (χ3n) is 4.77. The molecule has 1 atom stereocenters. The zero-order chi connectivity index (χ0) is 19.6. The summed E-state index contributed by atoms with van der Waals surface area (Å²) in [6.07, 6.45) is -0.0210. The lowest BCUT2D eigenvalue weighted by atomic mass is 9.80. The lowest BCUT2D eigenvalue weighted by Crippen LogP contribution is -2.41. The van der Waals surface area contributed by atoms with Crippen LogP contribution in [-0.4, -0.2) is 23.2 Å². The average molecular weight is 362 g/mol. The third kappa shape index (κ3) is 3.95. The molecule has 0 saturated carbocycles. The molecule has 0 radical (unpaired) electrons. The molecule has 1 unspecified atom stereocenters. The van der Waals surface area contributed by atoms with Crippen LogP contribution in [0, 0.1) is 25.7 Å². The maximum absolute atomic E-state index is 13.2. The van der Waals surface area contributed by atoms with Crippen LogP contribution < -0.4 is 11.5 Å². The Labute approximate surface area is 158 Å². The van der Waals surface area contributed by atoms with Gasteiger partial charge in [-0.25, -0.2) is 0 Å². The van der Waals surface area contributed by atoms with E-state index in [9.17, 15) is 9.59 Å². The van der Waals surface area contributed by atoms with Crippen LogP contribution in [-0.2, 0) is 0 Å². The molecule has 3 rings (SSSR count). The van der Waals surface area contributed by atoms with Crippen molar-refractivity contribution < 1.29 is 9.59 Å². The molecule has 0 fully saturated rings. The molecule has 0 aromatic heterocycles. The molecule has 0 bridgehead atoms. The van der Waals surface area contributed by atoms with Crippen LogP contribution in [0.3, 0.4) is 0 Å². The molecule has 4 N–H and O–H groups in total. The standard InChI is InChI=1S/C21H22N4O2/c1-12-3-7-14(8-4-12)17(26)11-16(18-20(22)24-25-21(18)23)19(27)15-9-5-13(2)6-10-15/h3-10,16,18H,11H2,1-2H3,(H2,22,24)(H2,23,25). The van der Waals surface area contributed by atoms with Gasteiger partial charge in [0, 0.05) is 23.5 Å². The number of nitrogens with two attached hydrogens (primary N) is 2. The zero-order valence-electron chi connectivity index (χ0n) is 15.3. The van der Waals surface area contributed by atoms with Crippen LogP contribution >= 0.6 is 0 Å². The van der Waals surface area contributed by atoms with E-state index in [1.165, 1.54) is 0 Å². The van der Waals surface area contributed by atoms with Crippen molar-refractivity contribution in [2.75, 3.05) is 0 Å². The van der Waals surface area contributed by atoms with Crippen LogP contribution in [0.4, 0.5) is 0 Å². The summed E-state index contributed by atoms with van der Waals surface area (Å²) in [4.78, 5) is 26.0. The summed E-state index contributed by atoms with van der Waals surface area (Å²) in [7, 11) is 0. The van der Waals surface area contributed by atoms with Crippen molar-refractivity contribution in [2.24, 2.45) is 33.5 Å². The van der Waals surface area contributed by atoms with Crippen molar-refractivity contribution in [1.29, 1.82) is 0 Å². The molecule has 2 aromatic carbocycles. The van der Waals surface area contributed by atoms with E-state index in [0.29, 0.717) is 11.1 Å². The molecule has 6 heteroatoms. The SMILES string of the molecule is Cc1ccc(C(=O)CC(C(=O)c2ccc(C)cc2)C2C(N)=NN=C2N)cc1. The van der Waals surface area contributed by atoms with Gasteiger partial charge in [0.25, 0.3) is 0 Å². The Hall–Kier alpha value is -3.28. The second-order valence-corrected chi connectivity index (χ2v) is 6.86. The Morgan fingerprint density at radius 1 is 0.852 bits per heavy atom. The number of ketones is 2. The molecule has 6 nitrogen and oxygen atoms in total. The van der Waals surface area contributed by atoms with Crippen molar-refractivity contribution in [3.63, 3.8) is 0 Å². The summed E-state index contributed by atoms with van der Waals surface area (Å²) in [6, 6.07) is 14.5. The van der Waals surface area contributed by atoms with E-state index in [1.54, 1.807) is 24.3 Å². The lowest BCUT2D eigenvalue weighted by Gasteiger charge is -2.22. The number of hydrogen-bond donors (Lipinski definition) is 2. The number of carbonyl (C=O) groups is 2. The van der Waals surface area contributed by atoms with E-state index in [4.69, 9.17) is 11.5 Å². The van der Waals surface area contributed by atoms with Gasteiger partial charge >= 0.3 is 0 Å². The van der Waals surface area contributed by atoms with Gasteiger partial charge in [-0.3, -0.25) is 9.59 Å². The van der Waals surface area contributed by atoms with Crippen molar-refractivity contribution in [3.05, 3.63) is 70.8 Å². The molecule has 27 heavy (non-hydrogen) atoms. The monoisotopic (exact) mass is 362 g/mol. The first-order valence-electron chi connectivity index (χ1n) is 8.74. The Morgan fingerprint density at radius 2 is 1.30 bits per heavy atom. The van der Waals surface area contributed by atoms with Crippen LogP contribution in [0.2, 0.25) is 0 Å². The van der Waals surface area contributed by atoms with Gasteiger partial charge in [0.2, 0.25) is 0 Å². The van der Waals surface area contributed by atoms with E-state index in [2.05, 4.69) is 10.2 Å². The first-order chi connectivity index (χ1) is 12.9. The number of hydrogen-bond acceptors (Lipinski definition) is 6. The fraction of sp³-hybridized carbons (Fsp3) is 0.238. The predicted octanol–water partition coefficient (Wildman–Crippen LogP) is 2.63. The fourth-order valence-electron chi connectivity index (χ4n) is 3.15. The van der Waals surface area contributed by atoms with Gasteiger partial charge in [-0.1, -0.05) is 59.7 Å². The van der Waals surface area contributed by atoms with Crippen molar-refractivity contribution in [1.82, 2.24) is 0 Å². The van der Waals surface area contributed by atoms with Gasteiger partial charge in [0.15, 0.2) is 11.6 Å². The summed E-state index contributed by atoms with van der Waals surface area (Å²) in [6.45, 7) is 3.89. The highest BCUT2D eigenvalue weighted by atomic mass is 16.1. The summed E-state index contributed by atoms with van der Waals surface area (Å²) < 4.78 is 0. The van der Waals surface area contributed by atoms with Crippen molar-refractivity contribution in [2.45, 2.75) is 20.3 Å². The minimum Gasteiger partial charge on any atom is -0.385 e. The van der Waals surface area contributed by atoms with E-state index in [1.807, 2.05) is 38.1 Å². The van der Waals surface area contributed by atoms with Gasteiger partial charge in [-0.2, -0.15) is 0 Å². The number of Topliss-reactive ketones (excluding diaryl/α,β-unsaturated/α-hetero) is 2. The predicted molar refractivity (Wildman–Crippen MR) is 106 cm³/mol. The molecule has 0 aliphatic carbocycles. The van der Waals surface area contributed by atoms with Gasteiger partial charge in [-0.05, 0) is 13.8 Å². The van der Waals surface area contributed by atoms with Gasteiger partial charge in [0.1, 0.15) is 11.7 Å². The molecule has 1 aliphatic heterocycles.